The van der Waals surface area contributed by atoms with Crippen molar-refractivity contribution in [2.24, 2.45) is 0 Å². The Hall–Kier alpha value is -2.38. The molecular weight excluding hydrogens is 400 g/mol. The molecule has 1 aromatic heterocycles. The molecule has 2 aromatic carbocycles. The Morgan fingerprint density at radius 3 is 2.55 bits per heavy atom. The maximum Gasteiger partial charge on any atom is 0.234 e. The number of benzene rings is 2. The number of amides is 1. The van der Waals surface area contributed by atoms with Crippen molar-refractivity contribution in [1.82, 2.24) is 10.2 Å². The van der Waals surface area contributed by atoms with E-state index in [0.29, 0.717) is 11.7 Å². The summed E-state index contributed by atoms with van der Waals surface area (Å²) in [6.45, 7) is 10.4. The third-order valence-electron chi connectivity index (χ3n) is 4.77. The third-order valence-corrected chi connectivity index (χ3v) is 6.74. The molecule has 2 N–H and O–H groups in total. The summed E-state index contributed by atoms with van der Waals surface area (Å²) < 4.78 is 0.766. The summed E-state index contributed by atoms with van der Waals surface area (Å²) in [6.07, 6.45) is 0. The van der Waals surface area contributed by atoms with Gasteiger partial charge in [0.1, 0.15) is 0 Å². The Morgan fingerprint density at radius 2 is 1.79 bits per heavy atom. The van der Waals surface area contributed by atoms with E-state index in [4.69, 9.17) is 0 Å². The van der Waals surface area contributed by atoms with Gasteiger partial charge in [0.2, 0.25) is 11.0 Å². The standard InChI is InChI=1S/C22H26N4OS2/c1-13(2)17-10-6-9-15(4)20(17)24-19(27)12-28-22-26-25-21(29-22)23-18-11-7-8-14(3)16(18)5/h6-11,13H,12H2,1-5H3,(H,23,25)(H,24,27). The van der Waals surface area contributed by atoms with Gasteiger partial charge >= 0.3 is 0 Å². The highest BCUT2D eigenvalue weighted by molar-refractivity contribution is 8.01. The molecule has 29 heavy (non-hydrogen) atoms. The number of hydrogen-bond donors (Lipinski definition) is 2. The fraction of sp³-hybridized carbons (Fsp3) is 0.318. The minimum atomic E-state index is -0.0366. The minimum absolute atomic E-state index is 0.0366. The van der Waals surface area contributed by atoms with Crippen molar-refractivity contribution in [1.29, 1.82) is 0 Å². The summed E-state index contributed by atoms with van der Waals surface area (Å²) in [5.74, 6) is 0.606. The summed E-state index contributed by atoms with van der Waals surface area (Å²) in [7, 11) is 0. The van der Waals surface area contributed by atoms with Crippen LogP contribution in [0.3, 0.4) is 0 Å². The second-order valence-corrected chi connectivity index (χ2v) is 9.48. The molecule has 0 atom stereocenters. The number of anilines is 3. The van der Waals surface area contributed by atoms with Gasteiger partial charge in [-0.05, 0) is 55.0 Å². The minimum Gasteiger partial charge on any atom is -0.330 e. The summed E-state index contributed by atoms with van der Waals surface area (Å²) in [5.41, 5.74) is 6.59. The molecular formula is C22H26N4OS2. The molecule has 0 unspecified atom stereocenters. The zero-order chi connectivity index (χ0) is 21.0. The summed E-state index contributed by atoms with van der Waals surface area (Å²) >= 11 is 2.85. The number of carbonyl (C=O) groups excluding carboxylic acids is 1. The topological polar surface area (TPSA) is 66.9 Å². The van der Waals surface area contributed by atoms with E-state index in [9.17, 15) is 4.79 Å². The van der Waals surface area contributed by atoms with Crippen LogP contribution in [-0.4, -0.2) is 21.9 Å². The number of nitrogens with one attached hydrogen (secondary N) is 2. The first-order chi connectivity index (χ1) is 13.8. The average molecular weight is 427 g/mol. The van der Waals surface area contributed by atoms with Crippen molar-refractivity contribution in [3.63, 3.8) is 0 Å². The van der Waals surface area contributed by atoms with Gasteiger partial charge in [0.25, 0.3) is 0 Å². The molecule has 0 saturated heterocycles. The number of nitrogens with zero attached hydrogens (tertiary/aromatic N) is 2. The lowest BCUT2D eigenvalue weighted by molar-refractivity contribution is -0.113. The molecule has 3 rings (SSSR count). The van der Waals surface area contributed by atoms with E-state index in [2.05, 4.69) is 60.7 Å². The van der Waals surface area contributed by atoms with Gasteiger partial charge in [0, 0.05) is 11.4 Å². The fourth-order valence-electron chi connectivity index (χ4n) is 2.97. The normalized spacial score (nSPS) is 11.0. The lowest BCUT2D eigenvalue weighted by Gasteiger charge is -2.16. The van der Waals surface area contributed by atoms with Crippen LogP contribution in [-0.2, 0) is 4.79 Å². The van der Waals surface area contributed by atoms with Crippen LogP contribution in [0.15, 0.2) is 40.7 Å². The van der Waals surface area contributed by atoms with Crippen molar-refractivity contribution in [3.8, 4) is 0 Å². The molecule has 5 nitrogen and oxygen atoms in total. The molecule has 0 aliphatic rings. The number of para-hydroxylation sites is 1. The van der Waals surface area contributed by atoms with E-state index >= 15 is 0 Å². The molecule has 0 spiro atoms. The molecule has 1 heterocycles. The van der Waals surface area contributed by atoms with Crippen LogP contribution in [0.25, 0.3) is 0 Å². The molecule has 152 valence electrons. The number of hydrogen-bond acceptors (Lipinski definition) is 6. The zero-order valence-corrected chi connectivity index (χ0v) is 19.0. The maximum absolute atomic E-state index is 12.5. The van der Waals surface area contributed by atoms with Gasteiger partial charge in [-0.15, -0.1) is 10.2 Å². The molecule has 3 aromatic rings. The maximum atomic E-state index is 12.5. The summed E-state index contributed by atoms with van der Waals surface area (Å²) in [4.78, 5) is 12.5. The van der Waals surface area contributed by atoms with Crippen molar-refractivity contribution in [2.45, 2.75) is 44.9 Å². The zero-order valence-electron chi connectivity index (χ0n) is 17.4. The SMILES string of the molecule is Cc1cccc(Nc2nnc(SCC(=O)Nc3c(C)cccc3C(C)C)s2)c1C. The first-order valence-electron chi connectivity index (χ1n) is 9.54. The first-order valence-corrected chi connectivity index (χ1v) is 11.3. The number of rotatable bonds is 7. The second kappa shape index (κ2) is 9.41. The van der Waals surface area contributed by atoms with Gasteiger partial charge in [-0.25, -0.2) is 0 Å². The lowest BCUT2D eigenvalue weighted by atomic mass is 9.98. The van der Waals surface area contributed by atoms with Crippen LogP contribution >= 0.6 is 23.1 Å². The van der Waals surface area contributed by atoms with Crippen molar-refractivity contribution < 1.29 is 4.79 Å². The molecule has 0 saturated carbocycles. The Labute approximate surface area is 180 Å². The van der Waals surface area contributed by atoms with Crippen molar-refractivity contribution in [2.75, 3.05) is 16.4 Å². The quantitative estimate of drug-likeness (QED) is 0.449. The summed E-state index contributed by atoms with van der Waals surface area (Å²) in [6, 6.07) is 12.2. The molecule has 0 radical (unpaired) electrons. The molecule has 0 bridgehead atoms. The molecule has 1 amide bonds. The Bertz CT molecular complexity index is 1010. The summed E-state index contributed by atoms with van der Waals surface area (Å²) in [5, 5.41) is 15.5. The predicted octanol–water partition coefficient (Wildman–Crippen LogP) is 6.06. The molecule has 0 aliphatic heterocycles. The van der Waals surface area contributed by atoms with Gasteiger partial charge in [0.15, 0.2) is 4.34 Å². The number of thioether (sulfide) groups is 1. The van der Waals surface area contributed by atoms with E-state index in [0.717, 1.165) is 32.0 Å². The lowest BCUT2D eigenvalue weighted by Crippen LogP contribution is -2.16. The number of aromatic nitrogens is 2. The largest absolute Gasteiger partial charge is 0.330 e. The number of carbonyl (C=O) groups is 1. The van der Waals surface area contributed by atoms with Gasteiger partial charge in [-0.1, -0.05) is 67.3 Å². The average Bonchev–Trinajstić information content (AvgIpc) is 3.13. The third kappa shape index (κ3) is 5.36. The fourth-order valence-corrected chi connectivity index (χ4v) is 4.53. The van der Waals surface area contributed by atoms with Crippen LogP contribution < -0.4 is 10.6 Å². The van der Waals surface area contributed by atoms with E-state index < -0.39 is 0 Å². The van der Waals surface area contributed by atoms with Crippen LogP contribution in [0.1, 0.15) is 42.0 Å². The highest BCUT2D eigenvalue weighted by Gasteiger charge is 2.14. The van der Waals surface area contributed by atoms with Crippen molar-refractivity contribution >= 4 is 45.5 Å². The molecule has 0 aliphatic carbocycles. The van der Waals surface area contributed by atoms with Crippen LogP contribution in [0.5, 0.6) is 0 Å². The van der Waals surface area contributed by atoms with E-state index in [1.807, 2.05) is 31.2 Å². The van der Waals surface area contributed by atoms with Gasteiger partial charge in [-0.3, -0.25) is 4.79 Å². The number of aryl methyl sites for hydroxylation is 2. The Balaban J connectivity index is 1.60. The van der Waals surface area contributed by atoms with E-state index in [1.54, 1.807) is 0 Å². The van der Waals surface area contributed by atoms with Crippen LogP contribution in [0.2, 0.25) is 0 Å². The van der Waals surface area contributed by atoms with E-state index in [1.165, 1.54) is 34.2 Å². The van der Waals surface area contributed by atoms with Gasteiger partial charge < -0.3 is 10.6 Å². The molecule has 7 heteroatoms. The first kappa shape index (κ1) is 21.3. The highest BCUT2D eigenvalue weighted by Crippen LogP contribution is 2.31. The smallest absolute Gasteiger partial charge is 0.234 e. The van der Waals surface area contributed by atoms with Crippen molar-refractivity contribution in [3.05, 3.63) is 58.7 Å². The van der Waals surface area contributed by atoms with Gasteiger partial charge in [0.05, 0.1) is 5.75 Å². The second-order valence-electron chi connectivity index (χ2n) is 7.28. The molecule has 0 fully saturated rings. The monoisotopic (exact) mass is 426 g/mol. The predicted molar refractivity (Wildman–Crippen MR) is 124 cm³/mol. The van der Waals surface area contributed by atoms with Crippen LogP contribution in [0, 0.1) is 20.8 Å². The Morgan fingerprint density at radius 1 is 1.07 bits per heavy atom. The Kier molecular flexibility index (Phi) is 6.92. The van der Waals surface area contributed by atoms with Crippen LogP contribution in [0.4, 0.5) is 16.5 Å². The highest BCUT2D eigenvalue weighted by atomic mass is 32.2. The van der Waals surface area contributed by atoms with Gasteiger partial charge in [-0.2, -0.15) is 0 Å². The van der Waals surface area contributed by atoms with E-state index in [-0.39, 0.29) is 5.91 Å².